The van der Waals surface area contributed by atoms with Gasteiger partial charge in [-0.05, 0) is 0 Å². The van der Waals surface area contributed by atoms with Crippen LogP contribution in [0.5, 0.6) is 0 Å². The fraction of sp³-hybridized carbons (Fsp3) is 0.500. The maximum absolute atomic E-state index is 11.3. The first-order chi connectivity index (χ1) is 7.06. The SMILES string of the molecule is CC(=O)ON1C(=O)CC(SOOO)C1=O. The van der Waals surface area contributed by atoms with Crippen molar-refractivity contribution in [3.05, 3.63) is 0 Å². The average molecular weight is 237 g/mol. The summed E-state index contributed by atoms with van der Waals surface area (Å²) >= 11 is 0.451. The minimum absolute atomic E-state index is 0.194. The summed E-state index contributed by atoms with van der Waals surface area (Å²) in [5, 5.41) is 10.6. The van der Waals surface area contributed by atoms with E-state index in [0.29, 0.717) is 17.1 Å². The Morgan fingerprint density at radius 3 is 2.80 bits per heavy atom. The smallest absolute Gasteiger partial charge is 0.330 e. The summed E-state index contributed by atoms with van der Waals surface area (Å²) in [6, 6.07) is 0. The van der Waals surface area contributed by atoms with Gasteiger partial charge in [0, 0.05) is 19.0 Å². The lowest BCUT2D eigenvalue weighted by atomic mass is 10.4. The fourth-order valence-electron chi connectivity index (χ4n) is 0.947. The van der Waals surface area contributed by atoms with Crippen LogP contribution in [-0.2, 0) is 28.6 Å². The normalized spacial score (nSPS) is 20.9. The van der Waals surface area contributed by atoms with Gasteiger partial charge in [-0.3, -0.25) is 9.59 Å². The standard InChI is InChI=1S/C6H7NO7S/c1-3(8)12-7-5(9)2-4(6(7)10)15-14-13-11/h4,11H,2H2,1H3. The molecule has 1 aliphatic rings. The van der Waals surface area contributed by atoms with E-state index in [1.165, 1.54) is 0 Å². The number of carbonyl (C=O) groups excluding carboxylic acids is 3. The Balaban J connectivity index is 2.58. The number of rotatable bonds is 4. The molecule has 1 unspecified atom stereocenters. The molecule has 9 heteroatoms. The Morgan fingerprint density at radius 1 is 1.60 bits per heavy atom. The van der Waals surface area contributed by atoms with Crippen molar-refractivity contribution in [2.75, 3.05) is 0 Å². The van der Waals surface area contributed by atoms with E-state index < -0.39 is 23.0 Å². The van der Waals surface area contributed by atoms with Gasteiger partial charge in [-0.25, -0.2) is 10.1 Å². The first-order valence-electron chi connectivity index (χ1n) is 3.75. The lowest BCUT2D eigenvalue weighted by Gasteiger charge is -2.11. The van der Waals surface area contributed by atoms with Crippen LogP contribution in [0.2, 0.25) is 0 Å². The molecule has 1 N–H and O–H groups in total. The summed E-state index contributed by atoms with van der Waals surface area (Å²) in [6.07, 6.45) is -0.194. The highest BCUT2D eigenvalue weighted by Gasteiger charge is 2.42. The van der Waals surface area contributed by atoms with Crippen LogP contribution >= 0.6 is 12.0 Å². The third-order valence-corrected chi connectivity index (χ3v) is 2.21. The second kappa shape index (κ2) is 5.07. The highest BCUT2D eigenvalue weighted by Crippen LogP contribution is 2.25. The molecular weight excluding hydrogens is 230 g/mol. The Morgan fingerprint density at radius 2 is 2.27 bits per heavy atom. The molecule has 0 aromatic rings. The molecule has 8 nitrogen and oxygen atoms in total. The van der Waals surface area contributed by atoms with Gasteiger partial charge in [-0.2, -0.15) is 0 Å². The van der Waals surface area contributed by atoms with Crippen molar-refractivity contribution in [1.82, 2.24) is 5.06 Å². The molecule has 1 heterocycles. The van der Waals surface area contributed by atoms with E-state index >= 15 is 0 Å². The van der Waals surface area contributed by atoms with Gasteiger partial charge >= 0.3 is 5.97 Å². The molecular formula is C6H7NO7S. The topological polar surface area (TPSA) is 102 Å². The van der Waals surface area contributed by atoms with Gasteiger partial charge in [0.05, 0.1) is 6.42 Å². The van der Waals surface area contributed by atoms with Gasteiger partial charge in [-0.15, -0.1) is 9.40 Å². The molecule has 15 heavy (non-hydrogen) atoms. The summed E-state index contributed by atoms with van der Waals surface area (Å²) in [5.74, 6) is -2.17. The van der Waals surface area contributed by atoms with E-state index in [9.17, 15) is 14.4 Å². The Bertz CT molecular complexity index is 293. The summed E-state index contributed by atoms with van der Waals surface area (Å²) in [7, 11) is 0. The second-order valence-electron chi connectivity index (χ2n) is 2.54. The van der Waals surface area contributed by atoms with Crippen molar-refractivity contribution >= 4 is 29.8 Å². The lowest BCUT2D eigenvalue weighted by molar-refractivity contribution is -0.432. The van der Waals surface area contributed by atoms with E-state index in [4.69, 9.17) is 5.26 Å². The lowest BCUT2D eigenvalue weighted by Crippen LogP contribution is -2.33. The Hall–Kier alpha value is -1.16. The highest BCUT2D eigenvalue weighted by atomic mass is 32.2. The third kappa shape index (κ3) is 2.89. The van der Waals surface area contributed by atoms with Crippen molar-refractivity contribution in [2.45, 2.75) is 18.6 Å². The molecule has 0 aromatic carbocycles. The van der Waals surface area contributed by atoms with E-state index in [0.717, 1.165) is 6.92 Å². The average Bonchev–Trinajstić information content (AvgIpc) is 2.42. The minimum Gasteiger partial charge on any atom is -0.331 e. The molecule has 0 bridgehead atoms. The molecule has 1 aliphatic heterocycles. The van der Waals surface area contributed by atoms with Gasteiger partial charge in [0.15, 0.2) is 0 Å². The molecule has 1 saturated heterocycles. The summed E-state index contributed by atoms with van der Waals surface area (Å²) in [6.45, 7) is 1.06. The zero-order valence-electron chi connectivity index (χ0n) is 7.54. The monoisotopic (exact) mass is 237 g/mol. The largest absolute Gasteiger partial charge is 0.331 e. The minimum atomic E-state index is -0.899. The number of carbonyl (C=O) groups is 3. The van der Waals surface area contributed by atoms with Crippen molar-refractivity contribution in [2.24, 2.45) is 0 Å². The van der Waals surface area contributed by atoms with Crippen LogP contribution in [-0.4, -0.2) is 33.4 Å². The quantitative estimate of drug-likeness (QED) is 0.306. The first kappa shape index (κ1) is 11.9. The van der Waals surface area contributed by atoms with E-state index in [2.05, 4.69) is 14.2 Å². The Kier molecular flexibility index (Phi) is 4.03. The van der Waals surface area contributed by atoms with Crippen LogP contribution in [0.1, 0.15) is 13.3 Å². The van der Waals surface area contributed by atoms with Crippen molar-refractivity contribution in [3.63, 3.8) is 0 Å². The second-order valence-corrected chi connectivity index (χ2v) is 3.44. The van der Waals surface area contributed by atoms with E-state index in [-0.39, 0.29) is 6.42 Å². The predicted molar refractivity (Wildman–Crippen MR) is 44.4 cm³/mol. The molecule has 84 valence electrons. The van der Waals surface area contributed by atoms with Crippen LogP contribution < -0.4 is 0 Å². The fourth-order valence-corrected chi connectivity index (χ4v) is 1.47. The number of hydroxylamine groups is 2. The number of nitrogens with zero attached hydrogens (tertiary/aromatic N) is 1. The molecule has 0 aromatic heterocycles. The number of hydrogen-bond donors (Lipinski definition) is 1. The zero-order valence-corrected chi connectivity index (χ0v) is 8.35. The van der Waals surface area contributed by atoms with E-state index in [1.54, 1.807) is 0 Å². The van der Waals surface area contributed by atoms with Crippen LogP contribution in [0, 0.1) is 0 Å². The number of hydrogen-bond acceptors (Lipinski definition) is 8. The highest BCUT2D eigenvalue weighted by molar-refractivity contribution is 7.96. The summed E-state index contributed by atoms with van der Waals surface area (Å²) in [5.41, 5.74) is 0. The summed E-state index contributed by atoms with van der Waals surface area (Å²) < 4.78 is 4.02. The first-order valence-corrected chi connectivity index (χ1v) is 4.55. The predicted octanol–water partition coefficient (Wildman–Crippen LogP) is -0.339. The van der Waals surface area contributed by atoms with Crippen LogP contribution in [0.25, 0.3) is 0 Å². The molecule has 1 atom stereocenters. The molecule has 0 radical (unpaired) electrons. The number of imide groups is 1. The maximum Gasteiger partial charge on any atom is 0.330 e. The van der Waals surface area contributed by atoms with Gasteiger partial charge in [0.1, 0.15) is 5.25 Å². The van der Waals surface area contributed by atoms with Gasteiger partial charge in [-0.1, -0.05) is 5.04 Å². The van der Waals surface area contributed by atoms with Gasteiger partial charge < -0.3 is 4.84 Å². The third-order valence-electron chi connectivity index (χ3n) is 1.47. The van der Waals surface area contributed by atoms with Crippen LogP contribution in [0.4, 0.5) is 0 Å². The van der Waals surface area contributed by atoms with Crippen molar-refractivity contribution in [1.29, 1.82) is 0 Å². The maximum atomic E-state index is 11.3. The van der Waals surface area contributed by atoms with Crippen LogP contribution in [0.3, 0.4) is 0 Å². The molecule has 1 rings (SSSR count). The number of amides is 2. The molecule has 1 fully saturated rings. The molecule has 0 aliphatic carbocycles. The van der Waals surface area contributed by atoms with Crippen molar-refractivity contribution in [3.8, 4) is 0 Å². The molecule has 0 saturated carbocycles. The zero-order chi connectivity index (χ0) is 11.4. The van der Waals surface area contributed by atoms with Gasteiger partial charge in [0.25, 0.3) is 11.8 Å². The van der Waals surface area contributed by atoms with E-state index in [1.807, 2.05) is 0 Å². The summed E-state index contributed by atoms with van der Waals surface area (Å²) in [4.78, 5) is 37.4. The Labute approximate surface area is 88.1 Å². The molecule has 0 spiro atoms. The van der Waals surface area contributed by atoms with Crippen molar-refractivity contribution < 1.29 is 33.9 Å². The van der Waals surface area contributed by atoms with Gasteiger partial charge in [0.2, 0.25) is 0 Å². The molecule has 2 amide bonds. The van der Waals surface area contributed by atoms with Crippen LogP contribution in [0.15, 0.2) is 0 Å².